The largest absolute Gasteiger partial charge is 0.0654 e. The van der Waals surface area contributed by atoms with Crippen molar-refractivity contribution in [3.8, 4) is 0 Å². The molecular formula is C18H37. The van der Waals surface area contributed by atoms with Crippen LogP contribution in [0.4, 0.5) is 0 Å². The van der Waals surface area contributed by atoms with Crippen LogP contribution in [0.5, 0.6) is 0 Å². The first-order valence-electron chi connectivity index (χ1n) is 8.55. The van der Waals surface area contributed by atoms with Crippen molar-refractivity contribution >= 4 is 0 Å². The van der Waals surface area contributed by atoms with Crippen molar-refractivity contribution in [1.82, 2.24) is 0 Å². The highest BCUT2D eigenvalue weighted by atomic mass is 14.2. The predicted octanol–water partition coefficient (Wildman–Crippen LogP) is 6.79. The number of rotatable bonds is 13. The van der Waals surface area contributed by atoms with E-state index in [1.807, 2.05) is 0 Å². The normalized spacial score (nSPS) is 13.2. The lowest BCUT2D eigenvalue weighted by Gasteiger charge is -2.18. The van der Waals surface area contributed by atoms with Crippen molar-refractivity contribution in [2.75, 3.05) is 0 Å². The SMILES string of the molecule is [CH2]C(C)C(CC)CCCCCCCCCCCC. The van der Waals surface area contributed by atoms with E-state index in [1.165, 1.54) is 77.0 Å². The number of hydrogen-bond acceptors (Lipinski definition) is 0. The zero-order chi connectivity index (χ0) is 13.6. The first-order valence-corrected chi connectivity index (χ1v) is 8.55. The van der Waals surface area contributed by atoms with Gasteiger partial charge >= 0.3 is 0 Å². The summed E-state index contributed by atoms with van der Waals surface area (Å²) in [5, 5.41) is 0. The van der Waals surface area contributed by atoms with Gasteiger partial charge in [-0.2, -0.15) is 0 Å². The number of unbranched alkanes of at least 4 members (excludes halogenated alkanes) is 9. The van der Waals surface area contributed by atoms with Crippen LogP contribution in [0.3, 0.4) is 0 Å². The van der Waals surface area contributed by atoms with E-state index in [0.29, 0.717) is 5.92 Å². The van der Waals surface area contributed by atoms with Crippen LogP contribution in [0.2, 0.25) is 0 Å². The standard InChI is InChI=1S/C18H37/c1-5-7-8-9-10-11-12-13-14-15-16-18(6-2)17(3)4/h17-18H,3,5-16H2,1-2,4H3. The van der Waals surface area contributed by atoms with Gasteiger partial charge in [-0.15, -0.1) is 0 Å². The summed E-state index contributed by atoms with van der Waals surface area (Å²) in [7, 11) is 0. The molecule has 0 heteroatoms. The van der Waals surface area contributed by atoms with E-state index >= 15 is 0 Å². The van der Waals surface area contributed by atoms with Crippen LogP contribution in [0.15, 0.2) is 0 Å². The van der Waals surface area contributed by atoms with Crippen molar-refractivity contribution in [1.29, 1.82) is 0 Å². The maximum Gasteiger partial charge on any atom is -0.0391 e. The molecule has 0 saturated heterocycles. The minimum absolute atomic E-state index is 0.633. The van der Waals surface area contributed by atoms with E-state index in [1.54, 1.807) is 0 Å². The van der Waals surface area contributed by atoms with Gasteiger partial charge in [0.15, 0.2) is 0 Å². The Morgan fingerprint density at radius 3 is 1.56 bits per heavy atom. The fourth-order valence-electron chi connectivity index (χ4n) is 2.78. The van der Waals surface area contributed by atoms with Gasteiger partial charge in [-0.05, 0) is 11.8 Å². The van der Waals surface area contributed by atoms with Crippen LogP contribution < -0.4 is 0 Å². The summed E-state index contributed by atoms with van der Waals surface area (Å²) >= 11 is 0. The van der Waals surface area contributed by atoms with Crippen molar-refractivity contribution in [3.05, 3.63) is 6.92 Å². The Labute approximate surface area is 117 Å². The van der Waals surface area contributed by atoms with Crippen LogP contribution in [0.25, 0.3) is 0 Å². The molecule has 0 aromatic rings. The molecule has 0 nitrogen and oxygen atoms in total. The van der Waals surface area contributed by atoms with Crippen molar-refractivity contribution in [3.63, 3.8) is 0 Å². The van der Waals surface area contributed by atoms with Gasteiger partial charge < -0.3 is 0 Å². The Bertz CT molecular complexity index is 148. The number of hydrogen-bond donors (Lipinski definition) is 0. The molecule has 0 heterocycles. The molecule has 0 saturated carbocycles. The van der Waals surface area contributed by atoms with Gasteiger partial charge in [-0.3, -0.25) is 0 Å². The lowest BCUT2D eigenvalue weighted by atomic mass is 9.88. The molecule has 109 valence electrons. The van der Waals surface area contributed by atoms with Crippen LogP contribution >= 0.6 is 0 Å². The first kappa shape index (κ1) is 18.0. The Morgan fingerprint density at radius 2 is 1.17 bits per heavy atom. The minimum atomic E-state index is 0.633. The average molecular weight is 253 g/mol. The zero-order valence-corrected chi connectivity index (χ0v) is 13.3. The molecule has 2 atom stereocenters. The fraction of sp³-hybridized carbons (Fsp3) is 0.944. The van der Waals surface area contributed by atoms with Gasteiger partial charge in [0.25, 0.3) is 0 Å². The quantitative estimate of drug-likeness (QED) is 0.317. The molecule has 0 spiro atoms. The maximum absolute atomic E-state index is 4.17. The summed E-state index contributed by atoms with van der Waals surface area (Å²) in [5.41, 5.74) is 0. The molecule has 0 aliphatic carbocycles. The van der Waals surface area contributed by atoms with E-state index in [2.05, 4.69) is 27.7 Å². The topological polar surface area (TPSA) is 0 Å². The highest BCUT2D eigenvalue weighted by molar-refractivity contribution is 4.66. The van der Waals surface area contributed by atoms with Gasteiger partial charge in [0, 0.05) is 0 Å². The fourth-order valence-corrected chi connectivity index (χ4v) is 2.78. The zero-order valence-electron chi connectivity index (χ0n) is 13.3. The molecule has 0 N–H and O–H groups in total. The third-order valence-electron chi connectivity index (χ3n) is 4.26. The Hall–Kier alpha value is 0. The molecule has 0 bridgehead atoms. The van der Waals surface area contributed by atoms with Gasteiger partial charge in [0.05, 0.1) is 0 Å². The average Bonchev–Trinajstić information content (AvgIpc) is 2.35. The highest BCUT2D eigenvalue weighted by Crippen LogP contribution is 2.22. The monoisotopic (exact) mass is 253 g/mol. The van der Waals surface area contributed by atoms with Crippen LogP contribution in [-0.4, -0.2) is 0 Å². The summed E-state index contributed by atoms with van der Waals surface area (Å²) < 4.78 is 0. The van der Waals surface area contributed by atoms with E-state index in [9.17, 15) is 0 Å². The van der Waals surface area contributed by atoms with Gasteiger partial charge in [0.1, 0.15) is 0 Å². The third-order valence-corrected chi connectivity index (χ3v) is 4.26. The smallest absolute Gasteiger partial charge is 0.0391 e. The molecular weight excluding hydrogens is 216 g/mol. The molecule has 18 heavy (non-hydrogen) atoms. The Morgan fingerprint density at radius 1 is 0.722 bits per heavy atom. The molecule has 1 radical (unpaired) electrons. The predicted molar refractivity (Wildman–Crippen MR) is 84.8 cm³/mol. The van der Waals surface area contributed by atoms with E-state index in [4.69, 9.17) is 0 Å². The van der Waals surface area contributed by atoms with Crippen LogP contribution in [-0.2, 0) is 0 Å². The second-order valence-electron chi connectivity index (χ2n) is 6.12. The van der Waals surface area contributed by atoms with Gasteiger partial charge in [-0.1, -0.05) is 105 Å². The molecule has 0 amide bonds. The molecule has 0 aliphatic heterocycles. The Balaban J connectivity index is 3.15. The lowest BCUT2D eigenvalue weighted by molar-refractivity contribution is 0.360. The minimum Gasteiger partial charge on any atom is -0.0654 e. The van der Waals surface area contributed by atoms with E-state index in [-0.39, 0.29) is 0 Å². The third kappa shape index (κ3) is 11.1. The first-order chi connectivity index (χ1) is 8.72. The summed E-state index contributed by atoms with van der Waals surface area (Å²) in [6.45, 7) is 11.0. The summed E-state index contributed by atoms with van der Waals surface area (Å²) in [4.78, 5) is 0. The Kier molecular flexibility index (Phi) is 13.4. The second-order valence-corrected chi connectivity index (χ2v) is 6.12. The summed E-state index contributed by atoms with van der Waals surface area (Å²) in [6.07, 6.45) is 17.1. The van der Waals surface area contributed by atoms with Crippen molar-refractivity contribution < 1.29 is 0 Å². The molecule has 2 unspecified atom stereocenters. The molecule has 0 rings (SSSR count). The van der Waals surface area contributed by atoms with E-state index in [0.717, 1.165) is 5.92 Å². The highest BCUT2D eigenvalue weighted by Gasteiger charge is 2.09. The van der Waals surface area contributed by atoms with E-state index < -0.39 is 0 Å². The van der Waals surface area contributed by atoms with Gasteiger partial charge in [0.2, 0.25) is 0 Å². The molecule has 0 aliphatic rings. The van der Waals surface area contributed by atoms with Crippen LogP contribution in [0, 0.1) is 18.8 Å². The van der Waals surface area contributed by atoms with Crippen molar-refractivity contribution in [2.45, 2.75) is 97.8 Å². The lowest BCUT2D eigenvalue weighted by Crippen LogP contribution is -2.07. The molecule has 0 aromatic heterocycles. The molecule has 0 aromatic carbocycles. The van der Waals surface area contributed by atoms with Crippen molar-refractivity contribution in [2.24, 2.45) is 11.8 Å². The molecule has 0 fully saturated rings. The van der Waals surface area contributed by atoms with Crippen LogP contribution in [0.1, 0.15) is 97.8 Å². The second kappa shape index (κ2) is 13.4. The maximum atomic E-state index is 4.17. The summed E-state index contributed by atoms with van der Waals surface area (Å²) in [5.74, 6) is 1.49. The summed E-state index contributed by atoms with van der Waals surface area (Å²) in [6, 6.07) is 0. The van der Waals surface area contributed by atoms with Gasteiger partial charge in [-0.25, -0.2) is 0 Å².